The average molecular weight is 430 g/mol. The molecule has 0 aliphatic heterocycles. The van der Waals surface area contributed by atoms with Gasteiger partial charge >= 0.3 is 35.5 Å². The molecule has 0 aliphatic rings. The van der Waals surface area contributed by atoms with Crippen LogP contribution < -0.4 is 4.72 Å². The molecular weight excluding hydrogens is 411 g/mol. The maximum atomic E-state index is 12.7. The summed E-state index contributed by atoms with van der Waals surface area (Å²) in [6.07, 6.45) is 0.0404. The molecule has 0 amide bonds. The van der Waals surface area contributed by atoms with Crippen LogP contribution in [-0.4, -0.2) is 55.1 Å². The van der Waals surface area contributed by atoms with Gasteiger partial charge in [-0.15, -0.1) is 0 Å². The van der Waals surface area contributed by atoms with E-state index < -0.39 is 22.0 Å². The quantitative estimate of drug-likeness (QED) is 0.560. The summed E-state index contributed by atoms with van der Waals surface area (Å²) in [6.45, 7) is 0. The van der Waals surface area contributed by atoms with Crippen molar-refractivity contribution >= 4 is 45.5 Å². The van der Waals surface area contributed by atoms with E-state index in [0.29, 0.717) is 5.56 Å². The molecule has 0 saturated heterocycles. The van der Waals surface area contributed by atoms with Crippen molar-refractivity contribution in [3.63, 3.8) is 0 Å². The van der Waals surface area contributed by atoms with Gasteiger partial charge in [0.15, 0.2) is 0 Å². The van der Waals surface area contributed by atoms with Crippen molar-refractivity contribution in [3.8, 4) is 17.2 Å². The van der Waals surface area contributed by atoms with Crippen LogP contribution >= 0.6 is 0 Å². The molecule has 148 valence electrons. The van der Waals surface area contributed by atoms with E-state index >= 15 is 0 Å². The number of hydrogen-bond acceptors (Lipinski definition) is 4. The van der Waals surface area contributed by atoms with E-state index in [2.05, 4.69) is 4.72 Å². The summed E-state index contributed by atoms with van der Waals surface area (Å²) in [6, 6.07) is 22.7. The zero-order valence-electron chi connectivity index (χ0n) is 15.3. The van der Waals surface area contributed by atoms with E-state index in [1.807, 2.05) is 6.07 Å². The molecule has 0 bridgehead atoms. The Labute approximate surface area is 197 Å². The van der Waals surface area contributed by atoms with Crippen LogP contribution in [-0.2, 0) is 21.2 Å². The first-order chi connectivity index (χ1) is 13.9. The van der Waals surface area contributed by atoms with Gasteiger partial charge in [-0.05, 0) is 47.4 Å². The van der Waals surface area contributed by atoms with Crippen LogP contribution in [0.4, 0.5) is 0 Å². The first-order valence-corrected chi connectivity index (χ1v) is 10.3. The van der Waals surface area contributed by atoms with E-state index in [4.69, 9.17) is 5.26 Å². The Morgan fingerprint density at radius 1 is 0.933 bits per heavy atom. The molecule has 0 spiro atoms. The molecule has 3 rings (SSSR count). The van der Waals surface area contributed by atoms with Crippen LogP contribution in [0.1, 0.15) is 11.1 Å². The van der Waals surface area contributed by atoms with Gasteiger partial charge in [0.05, 0.1) is 16.5 Å². The minimum absolute atomic E-state index is 0. The molecule has 3 aromatic rings. The molecule has 1 atom stereocenters. The van der Waals surface area contributed by atoms with Crippen LogP contribution in [0.5, 0.6) is 0 Å². The Morgan fingerprint density at radius 2 is 1.47 bits per heavy atom. The number of nitrogens with zero attached hydrogens (tertiary/aromatic N) is 1. The molecule has 6 nitrogen and oxygen atoms in total. The molecular formula is C22H19N2NaO4S. The van der Waals surface area contributed by atoms with Gasteiger partial charge in [-0.25, -0.2) is 8.42 Å². The third kappa shape index (κ3) is 6.02. The topological polar surface area (TPSA) is 107 Å². The van der Waals surface area contributed by atoms with Crippen molar-refractivity contribution < 1.29 is 18.3 Å². The molecule has 3 aromatic carbocycles. The molecule has 1 unspecified atom stereocenters. The summed E-state index contributed by atoms with van der Waals surface area (Å²) in [7, 11) is -4.01. The van der Waals surface area contributed by atoms with E-state index in [-0.39, 0.29) is 40.9 Å². The summed E-state index contributed by atoms with van der Waals surface area (Å²) >= 11 is 0. The monoisotopic (exact) mass is 430 g/mol. The van der Waals surface area contributed by atoms with Crippen LogP contribution in [0.3, 0.4) is 0 Å². The second-order valence-corrected chi connectivity index (χ2v) is 8.13. The predicted octanol–water partition coefficient (Wildman–Crippen LogP) is 2.55. The fourth-order valence-electron chi connectivity index (χ4n) is 2.85. The first kappa shape index (κ1) is 23.8. The number of carbonyl (C=O) groups is 1. The number of carboxylic acids is 1. The Kier molecular flexibility index (Phi) is 8.35. The van der Waals surface area contributed by atoms with Gasteiger partial charge < -0.3 is 5.11 Å². The fraction of sp³-hybridized carbons (Fsp3) is 0.0909. The predicted molar refractivity (Wildman–Crippen MR) is 116 cm³/mol. The second kappa shape index (κ2) is 10.5. The van der Waals surface area contributed by atoms with E-state index in [1.165, 1.54) is 12.1 Å². The van der Waals surface area contributed by atoms with Crippen LogP contribution in [0.15, 0.2) is 83.8 Å². The molecule has 0 heterocycles. The Morgan fingerprint density at radius 3 is 1.97 bits per heavy atom. The van der Waals surface area contributed by atoms with Gasteiger partial charge in [-0.1, -0.05) is 54.6 Å². The van der Waals surface area contributed by atoms with Crippen molar-refractivity contribution in [1.29, 1.82) is 5.26 Å². The van der Waals surface area contributed by atoms with E-state index in [0.717, 1.165) is 16.7 Å². The number of benzene rings is 3. The number of carboxylic acid groups (broad SMARTS) is 1. The molecule has 30 heavy (non-hydrogen) atoms. The molecule has 0 radical (unpaired) electrons. The molecule has 8 heteroatoms. The maximum absolute atomic E-state index is 12.7. The van der Waals surface area contributed by atoms with E-state index in [9.17, 15) is 18.3 Å². The number of nitrogens with one attached hydrogen (secondary N) is 1. The Balaban J connectivity index is 0.00000320. The van der Waals surface area contributed by atoms with Crippen molar-refractivity contribution in [2.75, 3.05) is 0 Å². The van der Waals surface area contributed by atoms with Crippen molar-refractivity contribution in [3.05, 3.63) is 90.0 Å². The second-order valence-electron chi connectivity index (χ2n) is 6.42. The van der Waals surface area contributed by atoms with Gasteiger partial charge in [0.2, 0.25) is 10.0 Å². The Hall–Kier alpha value is -2.47. The standard InChI is InChI=1S/C22H18N2O4S.Na.H/c23-15-17-6-8-18(9-7-17)19-10-12-20(13-11-19)29(27,28)24-21(22(25)26)14-16-4-2-1-3-5-16;;/h1-13,21,24H,14H2,(H,25,26);;. The summed E-state index contributed by atoms with van der Waals surface area (Å²) in [5.41, 5.74) is 2.88. The van der Waals surface area contributed by atoms with Crippen molar-refractivity contribution in [2.45, 2.75) is 17.4 Å². The van der Waals surface area contributed by atoms with Gasteiger partial charge in [0, 0.05) is 0 Å². The number of aliphatic carboxylic acids is 1. The summed E-state index contributed by atoms with van der Waals surface area (Å²) < 4.78 is 27.6. The van der Waals surface area contributed by atoms with Crippen LogP contribution in [0.25, 0.3) is 11.1 Å². The number of nitriles is 1. The van der Waals surface area contributed by atoms with Gasteiger partial charge in [-0.3, -0.25) is 4.79 Å². The number of rotatable bonds is 7. The summed E-state index contributed by atoms with van der Waals surface area (Å²) in [5, 5.41) is 18.3. The third-order valence-corrected chi connectivity index (χ3v) is 5.88. The number of sulfonamides is 1. The first-order valence-electron chi connectivity index (χ1n) is 8.79. The van der Waals surface area contributed by atoms with Crippen LogP contribution in [0, 0.1) is 11.3 Å². The van der Waals surface area contributed by atoms with Gasteiger partial charge in [0.25, 0.3) is 0 Å². The fourth-order valence-corrected chi connectivity index (χ4v) is 4.04. The molecule has 0 aliphatic carbocycles. The minimum atomic E-state index is -4.01. The van der Waals surface area contributed by atoms with Crippen LogP contribution in [0.2, 0.25) is 0 Å². The van der Waals surface area contributed by atoms with Crippen molar-refractivity contribution in [1.82, 2.24) is 4.72 Å². The molecule has 2 N–H and O–H groups in total. The van der Waals surface area contributed by atoms with Gasteiger partial charge in [0.1, 0.15) is 6.04 Å². The summed E-state index contributed by atoms with van der Waals surface area (Å²) in [5.74, 6) is -1.24. The third-order valence-electron chi connectivity index (χ3n) is 4.39. The average Bonchev–Trinajstić information content (AvgIpc) is 2.74. The molecule has 0 saturated carbocycles. The number of hydrogen-bond donors (Lipinski definition) is 2. The SMILES string of the molecule is N#Cc1ccc(-c2ccc(S(=O)(=O)NC(Cc3ccccc3)C(=O)O)cc2)cc1.[NaH]. The Bertz CT molecular complexity index is 1140. The zero-order chi connectivity index (χ0) is 20.9. The summed E-state index contributed by atoms with van der Waals surface area (Å²) in [4.78, 5) is 11.5. The zero-order valence-corrected chi connectivity index (χ0v) is 16.1. The normalized spacial score (nSPS) is 11.7. The molecule has 0 fully saturated rings. The van der Waals surface area contributed by atoms with Crippen molar-refractivity contribution in [2.24, 2.45) is 0 Å². The van der Waals surface area contributed by atoms with Gasteiger partial charge in [-0.2, -0.15) is 9.98 Å². The van der Waals surface area contributed by atoms with E-state index in [1.54, 1.807) is 66.7 Å². The molecule has 0 aromatic heterocycles.